The van der Waals surface area contributed by atoms with E-state index in [0.717, 1.165) is 50.8 Å². The number of nitrogens with zero attached hydrogens (tertiary/aromatic N) is 2. The summed E-state index contributed by atoms with van der Waals surface area (Å²) in [6, 6.07) is 0. The summed E-state index contributed by atoms with van der Waals surface area (Å²) in [6.07, 6.45) is 3.50. The molecule has 0 aliphatic rings. The maximum Gasteiger partial charge on any atom is 0.204 e. The average molecular weight is 296 g/mol. The number of hydrogen-bond acceptors (Lipinski definition) is 6. The van der Waals surface area contributed by atoms with Gasteiger partial charge in [0.2, 0.25) is 5.75 Å². The summed E-state index contributed by atoms with van der Waals surface area (Å²) in [7, 11) is 1.63. The lowest BCUT2D eigenvalue weighted by molar-refractivity contribution is 0.110. The Morgan fingerprint density at radius 2 is 1.81 bits per heavy atom. The highest BCUT2D eigenvalue weighted by atomic mass is 16.5. The SMILES string of the molecule is CCCNc1ncnc(NCCCOCC(C)C)c1OC. The Hall–Kier alpha value is -1.56. The van der Waals surface area contributed by atoms with Gasteiger partial charge in [0.1, 0.15) is 6.33 Å². The molecule has 0 aliphatic heterocycles. The summed E-state index contributed by atoms with van der Waals surface area (Å²) in [5.41, 5.74) is 0. The minimum absolute atomic E-state index is 0.576. The van der Waals surface area contributed by atoms with E-state index >= 15 is 0 Å². The Bertz CT molecular complexity index is 399. The van der Waals surface area contributed by atoms with Crippen LogP contribution in [0.15, 0.2) is 6.33 Å². The van der Waals surface area contributed by atoms with Crippen molar-refractivity contribution in [1.29, 1.82) is 0 Å². The molecule has 0 saturated carbocycles. The predicted molar refractivity (Wildman–Crippen MR) is 86.1 cm³/mol. The van der Waals surface area contributed by atoms with Gasteiger partial charge in [0.15, 0.2) is 11.6 Å². The lowest BCUT2D eigenvalue weighted by Crippen LogP contribution is -2.12. The van der Waals surface area contributed by atoms with Crippen molar-refractivity contribution in [2.24, 2.45) is 5.92 Å². The van der Waals surface area contributed by atoms with Crippen LogP contribution in [0.2, 0.25) is 0 Å². The monoisotopic (exact) mass is 296 g/mol. The molecule has 0 fully saturated rings. The van der Waals surface area contributed by atoms with Crippen molar-refractivity contribution in [2.45, 2.75) is 33.6 Å². The molecule has 1 aromatic rings. The van der Waals surface area contributed by atoms with Gasteiger partial charge in [0, 0.05) is 26.3 Å². The Labute approximate surface area is 127 Å². The van der Waals surface area contributed by atoms with Gasteiger partial charge in [-0.15, -0.1) is 0 Å². The van der Waals surface area contributed by atoms with Crippen LogP contribution in [0, 0.1) is 5.92 Å². The van der Waals surface area contributed by atoms with Crippen molar-refractivity contribution >= 4 is 11.6 Å². The number of nitrogens with one attached hydrogen (secondary N) is 2. The molecule has 1 aromatic heterocycles. The first kappa shape index (κ1) is 17.5. The number of methoxy groups -OCH3 is 1. The first-order valence-electron chi connectivity index (χ1n) is 7.63. The molecular weight excluding hydrogens is 268 g/mol. The molecule has 0 aliphatic carbocycles. The van der Waals surface area contributed by atoms with E-state index in [1.165, 1.54) is 6.33 Å². The van der Waals surface area contributed by atoms with E-state index in [-0.39, 0.29) is 0 Å². The van der Waals surface area contributed by atoms with Crippen LogP contribution in [0.4, 0.5) is 11.6 Å². The van der Waals surface area contributed by atoms with E-state index in [9.17, 15) is 0 Å². The van der Waals surface area contributed by atoms with Gasteiger partial charge in [0.05, 0.1) is 7.11 Å². The van der Waals surface area contributed by atoms with E-state index in [2.05, 4.69) is 41.4 Å². The second kappa shape index (κ2) is 10.2. The van der Waals surface area contributed by atoms with Gasteiger partial charge in [-0.05, 0) is 18.8 Å². The Morgan fingerprint density at radius 3 is 2.38 bits per heavy atom. The topological polar surface area (TPSA) is 68.3 Å². The summed E-state index contributed by atoms with van der Waals surface area (Å²) >= 11 is 0. The first-order chi connectivity index (χ1) is 10.2. The van der Waals surface area contributed by atoms with Crippen molar-refractivity contribution in [3.05, 3.63) is 6.33 Å². The molecule has 0 amide bonds. The van der Waals surface area contributed by atoms with E-state index in [1.54, 1.807) is 7.11 Å². The van der Waals surface area contributed by atoms with Gasteiger partial charge in [-0.25, -0.2) is 9.97 Å². The molecule has 0 unspecified atom stereocenters. The predicted octanol–water partition coefficient (Wildman–Crippen LogP) is 2.78. The summed E-state index contributed by atoms with van der Waals surface area (Å²) in [5, 5.41) is 6.51. The smallest absolute Gasteiger partial charge is 0.204 e. The summed E-state index contributed by atoms with van der Waals surface area (Å²) in [5.74, 6) is 2.68. The molecule has 21 heavy (non-hydrogen) atoms. The highest BCUT2D eigenvalue weighted by molar-refractivity contribution is 5.63. The second-order valence-electron chi connectivity index (χ2n) is 5.28. The number of anilines is 2. The number of aromatic nitrogens is 2. The zero-order chi connectivity index (χ0) is 15.5. The van der Waals surface area contributed by atoms with Gasteiger partial charge in [-0.2, -0.15) is 0 Å². The largest absolute Gasteiger partial charge is 0.490 e. The van der Waals surface area contributed by atoms with Crippen LogP contribution in [0.5, 0.6) is 5.75 Å². The summed E-state index contributed by atoms with van der Waals surface area (Å²) < 4.78 is 11.0. The fourth-order valence-corrected chi connectivity index (χ4v) is 1.76. The molecule has 0 atom stereocenters. The van der Waals surface area contributed by atoms with Crippen LogP contribution < -0.4 is 15.4 Å². The van der Waals surface area contributed by atoms with Crippen molar-refractivity contribution in [3.63, 3.8) is 0 Å². The van der Waals surface area contributed by atoms with Crippen molar-refractivity contribution < 1.29 is 9.47 Å². The van der Waals surface area contributed by atoms with Crippen LogP contribution in [0.25, 0.3) is 0 Å². The third kappa shape index (κ3) is 6.62. The minimum atomic E-state index is 0.576. The fraction of sp³-hybridized carbons (Fsp3) is 0.733. The number of ether oxygens (including phenoxy) is 2. The third-order valence-corrected chi connectivity index (χ3v) is 2.76. The quantitative estimate of drug-likeness (QED) is 0.612. The molecule has 0 bridgehead atoms. The van der Waals surface area contributed by atoms with Gasteiger partial charge >= 0.3 is 0 Å². The zero-order valence-corrected chi connectivity index (χ0v) is 13.6. The lowest BCUT2D eigenvalue weighted by atomic mass is 10.2. The van der Waals surface area contributed by atoms with Crippen molar-refractivity contribution in [3.8, 4) is 5.75 Å². The van der Waals surface area contributed by atoms with Crippen LogP contribution >= 0.6 is 0 Å². The first-order valence-corrected chi connectivity index (χ1v) is 7.63. The highest BCUT2D eigenvalue weighted by Gasteiger charge is 2.10. The van der Waals surface area contributed by atoms with Crippen LogP contribution in [-0.4, -0.2) is 43.4 Å². The van der Waals surface area contributed by atoms with Gasteiger partial charge in [0.25, 0.3) is 0 Å². The van der Waals surface area contributed by atoms with Crippen molar-refractivity contribution in [2.75, 3.05) is 44.0 Å². The molecule has 0 radical (unpaired) electrons. The minimum Gasteiger partial charge on any atom is -0.490 e. The van der Waals surface area contributed by atoms with Gasteiger partial charge < -0.3 is 20.1 Å². The van der Waals surface area contributed by atoms with E-state index in [4.69, 9.17) is 9.47 Å². The van der Waals surface area contributed by atoms with E-state index < -0.39 is 0 Å². The molecule has 1 heterocycles. The molecule has 6 heteroatoms. The zero-order valence-electron chi connectivity index (χ0n) is 13.6. The fourth-order valence-electron chi connectivity index (χ4n) is 1.76. The molecule has 6 nitrogen and oxygen atoms in total. The van der Waals surface area contributed by atoms with Crippen LogP contribution in [0.1, 0.15) is 33.6 Å². The maximum absolute atomic E-state index is 5.55. The molecule has 1 rings (SSSR count). The highest BCUT2D eigenvalue weighted by Crippen LogP contribution is 2.28. The normalized spacial score (nSPS) is 10.7. The van der Waals surface area contributed by atoms with Crippen LogP contribution in [-0.2, 0) is 4.74 Å². The Morgan fingerprint density at radius 1 is 1.14 bits per heavy atom. The molecule has 0 aromatic carbocycles. The lowest BCUT2D eigenvalue weighted by Gasteiger charge is -2.14. The molecule has 2 N–H and O–H groups in total. The molecular formula is C15H28N4O2. The number of rotatable bonds is 11. The van der Waals surface area contributed by atoms with Gasteiger partial charge in [-0.3, -0.25) is 0 Å². The molecule has 0 saturated heterocycles. The third-order valence-electron chi connectivity index (χ3n) is 2.76. The second-order valence-corrected chi connectivity index (χ2v) is 5.28. The van der Waals surface area contributed by atoms with Gasteiger partial charge in [-0.1, -0.05) is 20.8 Å². The molecule has 120 valence electrons. The Balaban J connectivity index is 2.43. The molecule has 0 spiro atoms. The summed E-state index contributed by atoms with van der Waals surface area (Å²) in [6.45, 7) is 9.61. The van der Waals surface area contributed by atoms with E-state index in [1.807, 2.05) is 0 Å². The van der Waals surface area contributed by atoms with Crippen molar-refractivity contribution in [1.82, 2.24) is 9.97 Å². The Kier molecular flexibility index (Phi) is 8.50. The maximum atomic E-state index is 5.55. The van der Waals surface area contributed by atoms with Crippen LogP contribution in [0.3, 0.4) is 0 Å². The number of hydrogen-bond donors (Lipinski definition) is 2. The average Bonchev–Trinajstić information content (AvgIpc) is 2.48. The van der Waals surface area contributed by atoms with E-state index in [0.29, 0.717) is 11.7 Å². The summed E-state index contributed by atoms with van der Waals surface area (Å²) in [4.78, 5) is 8.45. The standard InChI is InChI=1S/C15H28N4O2/c1-5-7-16-14-13(20-4)15(19-11-18-14)17-8-6-9-21-10-12(2)3/h11-12H,5-10H2,1-4H3,(H2,16,17,18,19).